The van der Waals surface area contributed by atoms with Crippen molar-refractivity contribution in [2.75, 3.05) is 5.32 Å². The number of benzene rings is 3. The predicted molar refractivity (Wildman–Crippen MR) is 108 cm³/mol. The van der Waals surface area contributed by atoms with Crippen LogP contribution in [0.25, 0.3) is 22.4 Å². The Morgan fingerprint density at radius 2 is 1.78 bits per heavy atom. The van der Waals surface area contributed by atoms with E-state index in [1.54, 1.807) is 0 Å². The number of rotatable bonds is 3. The molecule has 1 aromatic heterocycles. The van der Waals surface area contributed by atoms with Gasteiger partial charge in [0.1, 0.15) is 5.82 Å². The van der Waals surface area contributed by atoms with E-state index >= 15 is 0 Å². The maximum Gasteiger partial charge on any atom is 0.255 e. The zero-order valence-corrected chi connectivity index (χ0v) is 14.8. The summed E-state index contributed by atoms with van der Waals surface area (Å²) in [6, 6.07) is 21.8. The second-order valence-electron chi connectivity index (χ2n) is 6.93. The van der Waals surface area contributed by atoms with Gasteiger partial charge in [0.2, 0.25) is 0 Å². The van der Waals surface area contributed by atoms with Gasteiger partial charge in [-0.05, 0) is 72.9 Å². The average Bonchev–Trinajstić information content (AvgIpc) is 3.35. The van der Waals surface area contributed by atoms with Gasteiger partial charge in [0.05, 0.1) is 11.0 Å². The van der Waals surface area contributed by atoms with Crippen molar-refractivity contribution in [3.05, 3.63) is 83.4 Å². The van der Waals surface area contributed by atoms with Crippen LogP contribution in [0.3, 0.4) is 0 Å². The highest BCUT2D eigenvalue weighted by molar-refractivity contribution is 6.05. The third kappa shape index (κ3) is 2.89. The molecule has 0 spiro atoms. The number of aromatic amines is 1. The number of anilines is 1. The van der Waals surface area contributed by atoms with Crippen LogP contribution in [-0.2, 0) is 12.8 Å². The largest absolute Gasteiger partial charge is 0.338 e. The Kier molecular flexibility index (Phi) is 3.75. The van der Waals surface area contributed by atoms with Crippen molar-refractivity contribution in [1.82, 2.24) is 9.97 Å². The Labute approximate surface area is 157 Å². The summed E-state index contributed by atoms with van der Waals surface area (Å²) in [5.41, 5.74) is 7.05. The summed E-state index contributed by atoms with van der Waals surface area (Å²) in [6.07, 6.45) is 3.19. The number of H-pyrrole nitrogens is 1. The molecule has 0 fully saturated rings. The molecule has 0 bridgehead atoms. The minimum Gasteiger partial charge on any atom is -0.338 e. The van der Waals surface area contributed by atoms with Crippen LogP contribution in [0.4, 0.5) is 5.69 Å². The van der Waals surface area contributed by atoms with Crippen LogP contribution in [0.15, 0.2) is 66.7 Å². The summed E-state index contributed by atoms with van der Waals surface area (Å²) in [6.45, 7) is 0. The molecule has 0 saturated heterocycles. The zero-order valence-electron chi connectivity index (χ0n) is 14.8. The van der Waals surface area contributed by atoms with Crippen LogP contribution < -0.4 is 5.32 Å². The first-order valence-electron chi connectivity index (χ1n) is 9.25. The molecule has 4 nitrogen and oxygen atoms in total. The molecule has 0 unspecified atom stereocenters. The second-order valence-corrected chi connectivity index (χ2v) is 6.93. The number of amides is 1. The molecule has 4 heteroatoms. The van der Waals surface area contributed by atoms with Gasteiger partial charge in [-0.15, -0.1) is 0 Å². The molecule has 27 heavy (non-hydrogen) atoms. The minimum absolute atomic E-state index is 0.0368. The first-order chi connectivity index (χ1) is 13.3. The maximum absolute atomic E-state index is 12.7. The third-order valence-electron chi connectivity index (χ3n) is 5.20. The number of imidazole rings is 1. The number of fused-ring (bicyclic) bond motifs is 2. The molecular formula is C23H19N3O. The number of nitrogens with zero attached hydrogens (tertiary/aromatic N) is 1. The number of carbonyl (C=O) groups excluding carboxylic acids is 1. The summed E-state index contributed by atoms with van der Waals surface area (Å²) >= 11 is 0. The van der Waals surface area contributed by atoms with E-state index in [1.165, 1.54) is 11.1 Å². The van der Waals surface area contributed by atoms with Crippen molar-refractivity contribution in [3.63, 3.8) is 0 Å². The molecule has 2 N–H and O–H groups in total. The van der Waals surface area contributed by atoms with Crippen molar-refractivity contribution >= 4 is 22.6 Å². The highest BCUT2D eigenvalue weighted by Crippen LogP contribution is 2.26. The van der Waals surface area contributed by atoms with Crippen LogP contribution >= 0.6 is 0 Å². The highest BCUT2D eigenvalue weighted by Gasteiger charge is 2.18. The van der Waals surface area contributed by atoms with E-state index in [2.05, 4.69) is 21.4 Å². The number of para-hydroxylation sites is 2. The Balaban J connectivity index is 1.38. The number of carbonyl (C=O) groups is 1. The molecule has 4 aromatic rings. The van der Waals surface area contributed by atoms with Gasteiger partial charge in [-0.1, -0.05) is 24.3 Å². The predicted octanol–water partition coefficient (Wildman–Crippen LogP) is 4.97. The normalized spacial score (nSPS) is 12.9. The number of aromatic nitrogens is 2. The van der Waals surface area contributed by atoms with Crippen LogP contribution in [0.1, 0.15) is 27.9 Å². The lowest BCUT2D eigenvalue weighted by Gasteiger charge is -2.10. The van der Waals surface area contributed by atoms with Crippen molar-refractivity contribution in [2.45, 2.75) is 19.3 Å². The molecule has 1 aliphatic carbocycles. The van der Waals surface area contributed by atoms with Gasteiger partial charge in [0.15, 0.2) is 0 Å². The van der Waals surface area contributed by atoms with E-state index in [0.717, 1.165) is 52.9 Å². The first-order valence-corrected chi connectivity index (χ1v) is 9.25. The fraction of sp³-hybridized carbons (Fsp3) is 0.130. The Morgan fingerprint density at radius 3 is 2.63 bits per heavy atom. The van der Waals surface area contributed by atoms with Crippen molar-refractivity contribution in [1.29, 1.82) is 0 Å². The quantitative estimate of drug-likeness (QED) is 0.546. The Morgan fingerprint density at radius 1 is 0.926 bits per heavy atom. The molecule has 132 valence electrons. The Bertz CT molecular complexity index is 1110. The summed E-state index contributed by atoms with van der Waals surface area (Å²) in [5.74, 6) is 0.792. The van der Waals surface area contributed by atoms with E-state index in [-0.39, 0.29) is 5.91 Å². The maximum atomic E-state index is 12.7. The molecule has 1 amide bonds. The Hall–Kier alpha value is -3.40. The number of hydrogen-bond donors (Lipinski definition) is 2. The third-order valence-corrected chi connectivity index (χ3v) is 5.20. The van der Waals surface area contributed by atoms with Crippen LogP contribution in [0.5, 0.6) is 0 Å². The molecule has 1 aliphatic rings. The molecule has 1 heterocycles. The van der Waals surface area contributed by atoms with Crippen LogP contribution in [0.2, 0.25) is 0 Å². The number of hydrogen-bond acceptors (Lipinski definition) is 2. The van der Waals surface area contributed by atoms with Gasteiger partial charge in [0.25, 0.3) is 5.91 Å². The lowest BCUT2D eigenvalue weighted by Crippen LogP contribution is -2.14. The fourth-order valence-corrected chi connectivity index (χ4v) is 3.83. The second kappa shape index (κ2) is 6.40. The standard InChI is InChI=1S/C23H19N3O/c27-23(19-8-4-6-15-5-3-7-18(15)19)24-17-13-11-16(12-14-17)22-25-20-9-1-2-10-21(20)26-22/h1-2,4,6,8-14H,3,5,7H2,(H,24,27)(H,25,26). The van der Waals surface area contributed by atoms with Gasteiger partial charge < -0.3 is 10.3 Å². The van der Waals surface area contributed by atoms with Crippen LogP contribution in [-0.4, -0.2) is 15.9 Å². The lowest BCUT2D eigenvalue weighted by atomic mass is 10.0. The van der Waals surface area contributed by atoms with Crippen molar-refractivity contribution in [3.8, 4) is 11.4 Å². The van der Waals surface area contributed by atoms with Gasteiger partial charge in [-0.25, -0.2) is 4.98 Å². The van der Waals surface area contributed by atoms with Gasteiger partial charge in [-0.2, -0.15) is 0 Å². The SMILES string of the molecule is O=C(Nc1ccc(-c2nc3ccccc3[nH]2)cc1)c1cccc2c1CCC2. The van der Waals surface area contributed by atoms with Crippen LogP contribution in [0, 0.1) is 0 Å². The first kappa shape index (κ1) is 15.8. The van der Waals surface area contributed by atoms with E-state index < -0.39 is 0 Å². The molecule has 0 aliphatic heterocycles. The molecule has 3 aromatic carbocycles. The van der Waals surface area contributed by atoms with E-state index in [9.17, 15) is 4.79 Å². The molecule has 5 rings (SSSR count). The average molecular weight is 353 g/mol. The minimum atomic E-state index is -0.0368. The molecule has 0 atom stereocenters. The van der Waals surface area contributed by atoms with Gasteiger partial charge >= 0.3 is 0 Å². The monoisotopic (exact) mass is 353 g/mol. The smallest absolute Gasteiger partial charge is 0.255 e. The molecule has 0 radical (unpaired) electrons. The summed E-state index contributed by atoms with van der Waals surface area (Å²) in [7, 11) is 0. The summed E-state index contributed by atoms with van der Waals surface area (Å²) in [5, 5.41) is 3.02. The molecular weight excluding hydrogens is 334 g/mol. The van der Waals surface area contributed by atoms with Crippen molar-refractivity contribution < 1.29 is 4.79 Å². The number of aryl methyl sites for hydroxylation is 1. The molecule has 0 saturated carbocycles. The van der Waals surface area contributed by atoms with E-state index in [4.69, 9.17) is 0 Å². The lowest BCUT2D eigenvalue weighted by molar-refractivity contribution is 0.102. The number of nitrogens with one attached hydrogen (secondary N) is 2. The van der Waals surface area contributed by atoms with E-state index in [1.807, 2.05) is 60.7 Å². The van der Waals surface area contributed by atoms with Gasteiger partial charge in [-0.3, -0.25) is 4.79 Å². The van der Waals surface area contributed by atoms with Crippen molar-refractivity contribution in [2.24, 2.45) is 0 Å². The fourth-order valence-electron chi connectivity index (χ4n) is 3.83. The highest BCUT2D eigenvalue weighted by atomic mass is 16.1. The zero-order chi connectivity index (χ0) is 18.2. The summed E-state index contributed by atoms with van der Waals surface area (Å²) < 4.78 is 0. The topological polar surface area (TPSA) is 57.8 Å². The van der Waals surface area contributed by atoms with Gasteiger partial charge in [0, 0.05) is 16.8 Å². The summed E-state index contributed by atoms with van der Waals surface area (Å²) in [4.78, 5) is 20.7. The van der Waals surface area contributed by atoms with E-state index in [0.29, 0.717) is 0 Å².